The molecule has 0 aromatic heterocycles. The van der Waals surface area contributed by atoms with Gasteiger partial charge < -0.3 is 14.5 Å². The number of para-hydroxylation sites is 1. The van der Waals surface area contributed by atoms with Crippen molar-refractivity contribution in [3.05, 3.63) is 78.4 Å². The average molecular weight is 364 g/mol. The lowest BCUT2D eigenvalue weighted by molar-refractivity contribution is -0.129. The Morgan fingerprint density at radius 1 is 1.11 bits per heavy atom. The predicted octanol–water partition coefficient (Wildman–Crippen LogP) is 3.12. The number of rotatable bonds is 5. The first-order valence-electron chi connectivity index (χ1n) is 9.08. The molecule has 27 heavy (non-hydrogen) atoms. The summed E-state index contributed by atoms with van der Waals surface area (Å²) < 4.78 is 5.82. The molecule has 140 valence electrons. The lowest BCUT2D eigenvalue weighted by Gasteiger charge is -2.39. The fraction of sp³-hybridized carbons (Fsp3) is 0.273. The first-order chi connectivity index (χ1) is 13.1. The second-order valence-corrected chi connectivity index (χ2v) is 6.59. The molecule has 1 atom stereocenters. The van der Waals surface area contributed by atoms with E-state index in [0.29, 0.717) is 31.8 Å². The molecule has 5 heteroatoms. The Labute approximate surface area is 159 Å². The number of ether oxygens (including phenoxy) is 1. The number of benzene rings is 2. The summed E-state index contributed by atoms with van der Waals surface area (Å²) in [5.74, 6) is 0.649. The topological polar surface area (TPSA) is 49.9 Å². The molecule has 0 radical (unpaired) electrons. The van der Waals surface area contributed by atoms with Crippen molar-refractivity contribution in [1.82, 2.24) is 9.80 Å². The van der Waals surface area contributed by atoms with Gasteiger partial charge in [0, 0.05) is 36.8 Å². The summed E-state index contributed by atoms with van der Waals surface area (Å²) in [6.45, 7) is 7.35. The van der Waals surface area contributed by atoms with Gasteiger partial charge in [-0.15, -0.1) is 0 Å². The second kappa shape index (κ2) is 8.54. The molecule has 5 nitrogen and oxygen atoms in total. The first kappa shape index (κ1) is 18.7. The maximum absolute atomic E-state index is 13.1. The first-order valence-corrected chi connectivity index (χ1v) is 9.08. The van der Waals surface area contributed by atoms with Gasteiger partial charge in [0.15, 0.2) is 0 Å². The quantitative estimate of drug-likeness (QED) is 0.766. The highest BCUT2D eigenvalue weighted by atomic mass is 16.5. The largest absolute Gasteiger partial charge is 0.489 e. The Hall–Kier alpha value is -3.08. The lowest BCUT2D eigenvalue weighted by Crippen LogP contribution is -2.55. The standard InChI is InChI=1S/C22H24N2O3/c1-3-21(25)24-14-13-23(15-17(24)2)22(26)20-12-8-7-9-18(20)16-27-19-10-5-4-6-11-19/h3-12,17H,1,13-16H2,2H3/t17-/m1/s1. The molecule has 0 saturated carbocycles. The summed E-state index contributed by atoms with van der Waals surface area (Å²) >= 11 is 0. The number of hydrogen-bond donors (Lipinski definition) is 0. The SMILES string of the molecule is C=CC(=O)N1CCN(C(=O)c2ccccc2COc2ccccc2)C[C@H]1C. The van der Waals surface area contributed by atoms with Crippen LogP contribution in [0.4, 0.5) is 0 Å². The fourth-order valence-corrected chi connectivity index (χ4v) is 3.29. The minimum absolute atomic E-state index is 0.0280. The van der Waals surface area contributed by atoms with Crippen LogP contribution in [-0.4, -0.2) is 47.3 Å². The van der Waals surface area contributed by atoms with E-state index in [0.717, 1.165) is 11.3 Å². The number of carbonyl (C=O) groups excluding carboxylic acids is 2. The van der Waals surface area contributed by atoms with Crippen molar-refractivity contribution in [2.24, 2.45) is 0 Å². The van der Waals surface area contributed by atoms with E-state index in [1.54, 1.807) is 9.80 Å². The summed E-state index contributed by atoms with van der Waals surface area (Å²) in [5.41, 5.74) is 1.49. The molecule has 1 fully saturated rings. The molecule has 0 N–H and O–H groups in total. The normalized spacial score (nSPS) is 16.7. The Kier molecular flexibility index (Phi) is 5.91. The molecule has 1 aliphatic rings. The van der Waals surface area contributed by atoms with Gasteiger partial charge in [0.2, 0.25) is 5.91 Å². The van der Waals surface area contributed by atoms with Crippen molar-refractivity contribution in [3.63, 3.8) is 0 Å². The van der Waals surface area contributed by atoms with E-state index in [1.165, 1.54) is 6.08 Å². The summed E-state index contributed by atoms with van der Waals surface area (Å²) in [7, 11) is 0. The molecule has 0 spiro atoms. The zero-order chi connectivity index (χ0) is 19.2. The zero-order valence-electron chi connectivity index (χ0n) is 15.5. The molecule has 1 saturated heterocycles. The van der Waals surface area contributed by atoms with Crippen LogP contribution in [0.15, 0.2) is 67.3 Å². The van der Waals surface area contributed by atoms with Gasteiger partial charge in [-0.3, -0.25) is 9.59 Å². The minimum atomic E-state index is -0.0914. The highest BCUT2D eigenvalue weighted by Gasteiger charge is 2.29. The smallest absolute Gasteiger partial charge is 0.254 e. The third kappa shape index (κ3) is 4.37. The summed E-state index contributed by atoms with van der Waals surface area (Å²) in [6.07, 6.45) is 1.32. The second-order valence-electron chi connectivity index (χ2n) is 6.59. The van der Waals surface area contributed by atoms with Crippen LogP contribution >= 0.6 is 0 Å². The number of amides is 2. The lowest BCUT2D eigenvalue weighted by atomic mass is 10.1. The van der Waals surface area contributed by atoms with E-state index in [2.05, 4.69) is 6.58 Å². The molecule has 2 amide bonds. The number of piperazine rings is 1. The molecule has 3 rings (SSSR count). The molecular formula is C22H24N2O3. The van der Waals surface area contributed by atoms with Gasteiger partial charge in [-0.2, -0.15) is 0 Å². The van der Waals surface area contributed by atoms with Crippen LogP contribution in [0.25, 0.3) is 0 Å². The van der Waals surface area contributed by atoms with Crippen LogP contribution in [0.5, 0.6) is 5.75 Å². The molecule has 0 bridgehead atoms. The van der Waals surface area contributed by atoms with Gasteiger partial charge in [-0.05, 0) is 31.2 Å². The molecule has 0 unspecified atom stereocenters. The van der Waals surface area contributed by atoms with Crippen LogP contribution < -0.4 is 4.74 Å². The zero-order valence-corrected chi connectivity index (χ0v) is 15.5. The van der Waals surface area contributed by atoms with Gasteiger partial charge in [0.05, 0.1) is 0 Å². The fourth-order valence-electron chi connectivity index (χ4n) is 3.29. The van der Waals surface area contributed by atoms with Crippen molar-refractivity contribution in [2.75, 3.05) is 19.6 Å². The van der Waals surface area contributed by atoms with Gasteiger partial charge in [0.25, 0.3) is 5.91 Å². The van der Waals surface area contributed by atoms with Crippen molar-refractivity contribution >= 4 is 11.8 Å². The number of nitrogens with zero attached hydrogens (tertiary/aromatic N) is 2. The maximum Gasteiger partial charge on any atom is 0.254 e. The van der Waals surface area contributed by atoms with Gasteiger partial charge in [-0.1, -0.05) is 43.0 Å². The molecule has 0 aliphatic carbocycles. The van der Waals surface area contributed by atoms with Gasteiger partial charge >= 0.3 is 0 Å². The Morgan fingerprint density at radius 3 is 2.52 bits per heavy atom. The minimum Gasteiger partial charge on any atom is -0.489 e. The van der Waals surface area contributed by atoms with Crippen molar-refractivity contribution in [3.8, 4) is 5.75 Å². The Morgan fingerprint density at radius 2 is 1.81 bits per heavy atom. The van der Waals surface area contributed by atoms with E-state index < -0.39 is 0 Å². The Bertz CT molecular complexity index is 819. The number of carbonyl (C=O) groups is 2. The average Bonchev–Trinajstić information content (AvgIpc) is 2.72. The molecule has 2 aromatic rings. The molecule has 1 heterocycles. The third-order valence-corrected chi connectivity index (χ3v) is 4.76. The van der Waals surface area contributed by atoms with Crippen LogP contribution in [0.3, 0.4) is 0 Å². The van der Waals surface area contributed by atoms with Crippen LogP contribution in [-0.2, 0) is 11.4 Å². The van der Waals surface area contributed by atoms with Crippen LogP contribution in [0, 0.1) is 0 Å². The predicted molar refractivity (Wildman–Crippen MR) is 104 cm³/mol. The van der Waals surface area contributed by atoms with E-state index in [4.69, 9.17) is 4.74 Å². The van der Waals surface area contributed by atoms with E-state index in [9.17, 15) is 9.59 Å². The van der Waals surface area contributed by atoms with Gasteiger partial charge in [-0.25, -0.2) is 0 Å². The molecule has 2 aromatic carbocycles. The number of hydrogen-bond acceptors (Lipinski definition) is 3. The van der Waals surface area contributed by atoms with E-state index >= 15 is 0 Å². The van der Waals surface area contributed by atoms with E-state index in [1.807, 2.05) is 61.5 Å². The highest BCUT2D eigenvalue weighted by molar-refractivity contribution is 5.96. The third-order valence-electron chi connectivity index (χ3n) is 4.76. The van der Waals surface area contributed by atoms with Crippen LogP contribution in [0.2, 0.25) is 0 Å². The summed E-state index contributed by atoms with van der Waals surface area (Å²) in [4.78, 5) is 28.5. The summed E-state index contributed by atoms with van der Waals surface area (Å²) in [6, 6.07) is 17.0. The maximum atomic E-state index is 13.1. The molecule has 1 aliphatic heterocycles. The molecular weight excluding hydrogens is 340 g/mol. The van der Waals surface area contributed by atoms with Crippen molar-refractivity contribution < 1.29 is 14.3 Å². The Balaban J connectivity index is 1.70. The highest BCUT2D eigenvalue weighted by Crippen LogP contribution is 2.19. The monoisotopic (exact) mass is 364 g/mol. The van der Waals surface area contributed by atoms with Crippen molar-refractivity contribution in [2.45, 2.75) is 19.6 Å². The van der Waals surface area contributed by atoms with Gasteiger partial charge in [0.1, 0.15) is 12.4 Å². The summed E-state index contributed by atoms with van der Waals surface area (Å²) in [5, 5.41) is 0. The van der Waals surface area contributed by atoms with Crippen LogP contribution in [0.1, 0.15) is 22.8 Å². The van der Waals surface area contributed by atoms with E-state index in [-0.39, 0.29) is 17.9 Å². The van der Waals surface area contributed by atoms with Crippen molar-refractivity contribution in [1.29, 1.82) is 0 Å².